The molecule has 45 heavy (non-hydrogen) atoms. The summed E-state index contributed by atoms with van der Waals surface area (Å²) in [4.78, 5) is 14.4. The van der Waals surface area contributed by atoms with Gasteiger partial charge in [-0.05, 0) is 34.1 Å². The predicted octanol–water partition coefficient (Wildman–Crippen LogP) is 5.94. The Labute approximate surface area is 268 Å². The fraction of sp³-hybridized carbons (Fsp3) is 0.969. The number of unbranched alkanes of at least 4 members (excludes halogenated alkanes) is 12. The van der Waals surface area contributed by atoms with Crippen molar-refractivity contribution in [1.82, 2.24) is 0 Å². The molecule has 13 nitrogen and oxygen atoms in total. The SMILES string of the molecule is CCCCCCCCCCCCCCCOC(COC[C@H]1O[C@@H]2OC(C)(C)O[C@@H]2[C@H]2OC(C)(C)O[C@H]21)C[N+]1=NC([N+](=O)[O-])N=C1. The standard InChI is InChI=1S/C32H57N4O9/c1-6-7-8-9-10-11-12-13-14-15-16-17-18-19-40-24(20-35-23-33-30(34-35)36(37)38)21-39-22-25-26-27(43-31(2,3)42-26)28-29(41-25)45-32(4,5)44-28/h23-30H,6-22H2,1-5H3/q+1/t24?,25-,26+,27+,28-,29-,30?/m1/s1. The van der Waals surface area contributed by atoms with Crippen LogP contribution in [0.25, 0.3) is 0 Å². The number of ether oxygens (including phenoxy) is 7. The van der Waals surface area contributed by atoms with Gasteiger partial charge in [-0.25, -0.2) is 0 Å². The molecule has 0 aromatic heterocycles. The van der Waals surface area contributed by atoms with Crippen molar-refractivity contribution in [2.75, 3.05) is 26.4 Å². The number of aliphatic imine (C=N–C) groups is 1. The largest absolute Gasteiger partial charge is 0.515 e. The van der Waals surface area contributed by atoms with Crippen LogP contribution in [-0.2, 0) is 33.2 Å². The Bertz CT molecular complexity index is 978. The molecule has 0 spiro atoms. The van der Waals surface area contributed by atoms with Crippen molar-refractivity contribution in [3.05, 3.63) is 10.1 Å². The summed E-state index contributed by atoms with van der Waals surface area (Å²) in [6, 6.07) is 0. The van der Waals surface area contributed by atoms with E-state index in [1.807, 2.05) is 27.7 Å². The number of hydrogen-bond acceptors (Lipinski definition) is 11. The van der Waals surface area contributed by atoms with Gasteiger partial charge in [-0.3, -0.25) is 10.1 Å². The molecule has 0 bridgehead atoms. The van der Waals surface area contributed by atoms with Crippen LogP contribution in [0.2, 0.25) is 0 Å². The molecule has 4 aliphatic heterocycles. The van der Waals surface area contributed by atoms with Crippen molar-refractivity contribution in [3.8, 4) is 0 Å². The Hall–Kier alpha value is -1.61. The second kappa shape index (κ2) is 17.5. The van der Waals surface area contributed by atoms with E-state index in [9.17, 15) is 10.1 Å². The molecule has 13 heteroatoms. The van der Waals surface area contributed by atoms with Crippen LogP contribution in [0.15, 0.2) is 10.1 Å². The summed E-state index contributed by atoms with van der Waals surface area (Å²) >= 11 is 0. The summed E-state index contributed by atoms with van der Waals surface area (Å²) in [6.07, 6.45) is 14.2. The van der Waals surface area contributed by atoms with Crippen LogP contribution >= 0.6 is 0 Å². The predicted molar refractivity (Wildman–Crippen MR) is 166 cm³/mol. The molecule has 0 aliphatic carbocycles. The van der Waals surface area contributed by atoms with Crippen molar-refractivity contribution in [1.29, 1.82) is 0 Å². The van der Waals surface area contributed by atoms with Crippen molar-refractivity contribution in [2.45, 2.75) is 173 Å². The third-order valence-electron chi connectivity index (χ3n) is 8.60. The normalized spacial score (nSPS) is 30.3. The smallest absolute Gasteiger partial charge is 0.376 e. The first-order valence-corrected chi connectivity index (χ1v) is 17.3. The van der Waals surface area contributed by atoms with Crippen LogP contribution < -0.4 is 0 Å². The van der Waals surface area contributed by atoms with Gasteiger partial charge in [0, 0.05) is 16.7 Å². The zero-order valence-corrected chi connectivity index (χ0v) is 28.1. The minimum absolute atomic E-state index is 0.231. The van der Waals surface area contributed by atoms with Gasteiger partial charge in [-0.2, -0.15) is 0 Å². The van der Waals surface area contributed by atoms with Crippen LogP contribution in [0.3, 0.4) is 0 Å². The minimum Gasteiger partial charge on any atom is -0.376 e. The minimum atomic E-state index is -1.31. The summed E-state index contributed by atoms with van der Waals surface area (Å²) in [6.45, 7) is 11.1. The molecular formula is C32H57N4O9+. The van der Waals surface area contributed by atoms with Gasteiger partial charge >= 0.3 is 12.6 Å². The Morgan fingerprint density at radius 2 is 1.42 bits per heavy atom. The third-order valence-corrected chi connectivity index (χ3v) is 8.60. The maximum Gasteiger partial charge on any atom is 0.515 e. The average molecular weight is 642 g/mol. The lowest BCUT2D eigenvalue weighted by Crippen LogP contribution is -2.56. The van der Waals surface area contributed by atoms with Gasteiger partial charge in [-0.1, -0.05) is 84.0 Å². The lowest BCUT2D eigenvalue weighted by molar-refractivity contribution is -0.558. The zero-order valence-electron chi connectivity index (χ0n) is 28.1. The van der Waals surface area contributed by atoms with E-state index in [4.69, 9.17) is 33.2 Å². The summed E-state index contributed by atoms with van der Waals surface area (Å²) < 4.78 is 44.5. The molecule has 0 amide bonds. The summed E-state index contributed by atoms with van der Waals surface area (Å²) in [5.74, 6) is -1.58. The van der Waals surface area contributed by atoms with Crippen LogP contribution in [0.5, 0.6) is 0 Å². The molecule has 4 heterocycles. The van der Waals surface area contributed by atoms with Gasteiger partial charge in [0.1, 0.15) is 37.1 Å². The molecule has 0 N–H and O–H groups in total. The van der Waals surface area contributed by atoms with E-state index in [1.165, 1.54) is 81.7 Å². The molecule has 3 fully saturated rings. The highest BCUT2D eigenvalue weighted by molar-refractivity contribution is 5.44. The van der Waals surface area contributed by atoms with Gasteiger partial charge in [0.2, 0.25) is 0 Å². The third kappa shape index (κ3) is 11.5. The van der Waals surface area contributed by atoms with Crippen molar-refractivity contribution < 1.29 is 42.8 Å². The van der Waals surface area contributed by atoms with Crippen molar-refractivity contribution in [3.63, 3.8) is 0 Å². The van der Waals surface area contributed by atoms with Crippen LogP contribution in [-0.4, -0.2) is 97.0 Å². The molecule has 4 rings (SSSR count). The van der Waals surface area contributed by atoms with E-state index >= 15 is 0 Å². The van der Waals surface area contributed by atoms with Crippen LogP contribution in [0, 0.1) is 10.1 Å². The number of nitrogens with zero attached hydrogens (tertiary/aromatic N) is 4. The zero-order chi connectivity index (χ0) is 32.3. The maximum absolute atomic E-state index is 11.1. The van der Waals surface area contributed by atoms with E-state index < -0.39 is 41.3 Å². The highest BCUT2D eigenvalue weighted by Crippen LogP contribution is 2.44. The molecule has 258 valence electrons. The quantitative estimate of drug-likeness (QED) is 0.0609. The molecule has 3 saturated heterocycles. The molecule has 4 aliphatic rings. The first-order valence-electron chi connectivity index (χ1n) is 17.3. The van der Waals surface area contributed by atoms with Gasteiger partial charge in [0.05, 0.1) is 18.1 Å². The average Bonchev–Trinajstić information content (AvgIpc) is 3.66. The van der Waals surface area contributed by atoms with E-state index in [1.54, 1.807) is 0 Å². The number of rotatable bonds is 22. The monoisotopic (exact) mass is 641 g/mol. The van der Waals surface area contributed by atoms with E-state index in [0.29, 0.717) is 13.2 Å². The van der Waals surface area contributed by atoms with E-state index in [0.717, 1.165) is 12.8 Å². The number of nitro groups is 1. The van der Waals surface area contributed by atoms with Gasteiger partial charge < -0.3 is 33.2 Å². The van der Waals surface area contributed by atoms with Gasteiger partial charge in [0.15, 0.2) is 17.9 Å². The van der Waals surface area contributed by atoms with Gasteiger partial charge in [-0.15, -0.1) is 4.70 Å². The molecule has 0 aromatic carbocycles. The summed E-state index contributed by atoms with van der Waals surface area (Å²) in [7, 11) is 0. The molecule has 7 atom stereocenters. The number of azo groups is 2. The first-order chi connectivity index (χ1) is 21.6. The Balaban J connectivity index is 1.18. The molecule has 0 aromatic rings. The van der Waals surface area contributed by atoms with Crippen molar-refractivity contribution >= 4 is 6.34 Å². The topological polar surface area (TPSA) is 135 Å². The van der Waals surface area contributed by atoms with E-state index in [2.05, 4.69) is 17.0 Å². The fourth-order valence-corrected chi connectivity index (χ4v) is 6.40. The highest BCUT2D eigenvalue weighted by atomic mass is 16.9. The summed E-state index contributed by atoms with van der Waals surface area (Å²) in [5.41, 5.74) is 0. The molecule has 0 radical (unpaired) electrons. The fourth-order valence-electron chi connectivity index (χ4n) is 6.40. The van der Waals surface area contributed by atoms with Crippen LogP contribution in [0.1, 0.15) is 118 Å². The molecule has 0 saturated carbocycles. The highest BCUT2D eigenvalue weighted by Gasteiger charge is 2.60. The molecular weight excluding hydrogens is 584 g/mol. The van der Waals surface area contributed by atoms with Gasteiger partial charge in [0.25, 0.3) is 0 Å². The number of fused-ring (bicyclic) bond motifs is 3. The Kier molecular flexibility index (Phi) is 14.1. The van der Waals surface area contributed by atoms with E-state index in [-0.39, 0.29) is 31.5 Å². The Morgan fingerprint density at radius 3 is 2.04 bits per heavy atom. The number of hydrogen-bond donors (Lipinski definition) is 0. The molecule has 2 unspecified atom stereocenters. The maximum atomic E-state index is 11.1. The first kappa shape index (κ1) is 36.2. The lowest BCUT2D eigenvalue weighted by Gasteiger charge is -2.37. The second-order valence-electron chi connectivity index (χ2n) is 13.6. The lowest BCUT2D eigenvalue weighted by atomic mass is 9.99. The second-order valence-corrected chi connectivity index (χ2v) is 13.6. The summed E-state index contributed by atoms with van der Waals surface area (Å²) in [5, 5.41) is 15.2. The van der Waals surface area contributed by atoms with Crippen molar-refractivity contribution in [2.24, 2.45) is 10.1 Å². The van der Waals surface area contributed by atoms with Crippen LogP contribution in [0.4, 0.5) is 0 Å². The Morgan fingerprint density at radius 1 is 0.844 bits per heavy atom.